The Morgan fingerprint density at radius 1 is 0.784 bits per heavy atom. The molecule has 0 aliphatic carbocycles. The van der Waals surface area contributed by atoms with E-state index in [2.05, 4.69) is 20.6 Å². The topological polar surface area (TPSA) is 113 Å². The van der Waals surface area contributed by atoms with Crippen LogP contribution in [0.4, 0.5) is 5.69 Å². The first kappa shape index (κ1) is 25.5. The van der Waals surface area contributed by atoms with E-state index in [9.17, 15) is 4.79 Å². The second kappa shape index (κ2) is 11.4. The normalized spacial score (nSPS) is 10.4. The van der Waals surface area contributed by atoms with Gasteiger partial charge in [-0.05, 0) is 54.7 Å². The summed E-state index contributed by atoms with van der Waals surface area (Å²) < 4.78 is 27.2. The van der Waals surface area contributed by atoms with Crippen molar-refractivity contribution in [2.75, 3.05) is 33.8 Å². The Morgan fingerprint density at radius 3 is 2.14 bits per heavy atom. The highest BCUT2D eigenvalue weighted by Gasteiger charge is 2.15. The molecule has 0 saturated carbocycles. The second-order valence-electron chi connectivity index (χ2n) is 7.50. The number of nitrogens with one attached hydrogen (secondary N) is 2. The van der Waals surface area contributed by atoms with E-state index in [-0.39, 0.29) is 5.11 Å². The first-order valence-corrected chi connectivity index (χ1v) is 11.4. The molecule has 11 heteroatoms. The molecule has 0 aliphatic rings. The van der Waals surface area contributed by atoms with Crippen LogP contribution < -0.4 is 34.3 Å². The van der Waals surface area contributed by atoms with Crippen LogP contribution in [0.15, 0.2) is 60.9 Å². The Morgan fingerprint density at radius 2 is 1.46 bits per heavy atom. The highest BCUT2D eigenvalue weighted by atomic mass is 32.1. The number of methoxy groups -OCH3 is 4. The van der Waals surface area contributed by atoms with Crippen molar-refractivity contribution >= 4 is 39.8 Å². The summed E-state index contributed by atoms with van der Waals surface area (Å²) in [6.45, 7) is 0. The molecule has 0 aliphatic heterocycles. The predicted molar refractivity (Wildman–Crippen MR) is 142 cm³/mol. The molecule has 1 heterocycles. The van der Waals surface area contributed by atoms with E-state index in [0.717, 1.165) is 0 Å². The molecule has 0 saturated heterocycles. The van der Waals surface area contributed by atoms with Gasteiger partial charge in [0.05, 0.1) is 44.9 Å². The second-order valence-corrected chi connectivity index (χ2v) is 7.91. The predicted octanol–water partition coefficient (Wildman–Crippen LogP) is 4.58. The molecule has 0 atom stereocenters. The molecule has 0 unspecified atom stereocenters. The lowest BCUT2D eigenvalue weighted by Gasteiger charge is -2.13. The van der Waals surface area contributed by atoms with Crippen LogP contribution in [-0.4, -0.2) is 49.4 Å². The maximum absolute atomic E-state index is 12.7. The number of carbonyl (C=O) groups is 1. The van der Waals surface area contributed by atoms with Gasteiger partial charge in [0.2, 0.25) is 5.88 Å². The van der Waals surface area contributed by atoms with Gasteiger partial charge in [0.1, 0.15) is 23.6 Å². The van der Waals surface area contributed by atoms with Crippen molar-refractivity contribution in [1.29, 1.82) is 0 Å². The molecule has 4 aromatic rings. The minimum absolute atomic E-state index is 0.124. The fourth-order valence-corrected chi connectivity index (χ4v) is 3.69. The Kier molecular flexibility index (Phi) is 7.84. The minimum Gasteiger partial charge on any atom is -0.497 e. The average Bonchev–Trinajstić information content (AvgIpc) is 2.92. The number of fused-ring (bicyclic) bond motifs is 1. The fraction of sp³-hybridized carbons (Fsp3) is 0.154. The van der Waals surface area contributed by atoms with Gasteiger partial charge in [-0.3, -0.25) is 10.1 Å². The highest BCUT2D eigenvalue weighted by molar-refractivity contribution is 7.80. The molecule has 37 heavy (non-hydrogen) atoms. The first-order chi connectivity index (χ1) is 17.9. The Hall–Kier alpha value is -4.64. The van der Waals surface area contributed by atoms with Crippen molar-refractivity contribution in [2.45, 2.75) is 0 Å². The number of hydrogen-bond donors (Lipinski definition) is 2. The van der Waals surface area contributed by atoms with E-state index in [1.54, 1.807) is 68.8 Å². The number of rotatable bonds is 8. The van der Waals surface area contributed by atoms with Crippen LogP contribution in [0.2, 0.25) is 0 Å². The van der Waals surface area contributed by atoms with E-state index in [1.165, 1.54) is 20.5 Å². The Bertz CT molecular complexity index is 1450. The quantitative estimate of drug-likeness (QED) is 0.320. The zero-order valence-corrected chi connectivity index (χ0v) is 21.3. The van der Waals surface area contributed by atoms with Crippen molar-refractivity contribution in [3.8, 4) is 34.6 Å². The average molecular weight is 521 g/mol. The van der Waals surface area contributed by atoms with Crippen molar-refractivity contribution in [2.24, 2.45) is 0 Å². The number of benzene rings is 3. The smallest absolute Gasteiger partial charge is 0.261 e. The van der Waals surface area contributed by atoms with Gasteiger partial charge >= 0.3 is 0 Å². The van der Waals surface area contributed by atoms with E-state index in [4.69, 9.17) is 35.9 Å². The minimum atomic E-state index is -0.417. The summed E-state index contributed by atoms with van der Waals surface area (Å²) in [6, 6.07) is 15.4. The van der Waals surface area contributed by atoms with Crippen LogP contribution in [0.1, 0.15) is 10.4 Å². The number of hydrogen-bond acceptors (Lipinski definition) is 9. The molecule has 190 valence electrons. The number of nitrogens with zero attached hydrogens (tertiary/aromatic N) is 2. The summed E-state index contributed by atoms with van der Waals surface area (Å²) in [4.78, 5) is 21.2. The standard InChI is InChI=1S/C26H24N4O6S/c1-32-17-9-10-18(21(11-17)33-2)24(31)30-26(37)29-15-5-7-16(8-6-15)36-25-19-12-22(34-3)23(35-4)13-20(19)27-14-28-25/h5-14H,1-4H3,(H2,29,30,31,37). The summed E-state index contributed by atoms with van der Waals surface area (Å²) in [7, 11) is 6.13. The number of aromatic nitrogens is 2. The van der Waals surface area contributed by atoms with Crippen molar-refractivity contribution < 1.29 is 28.5 Å². The molecule has 0 fully saturated rings. The number of anilines is 1. The van der Waals surface area contributed by atoms with Crippen LogP contribution in [0.5, 0.6) is 34.6 Å². The maximum Gasteiger partial charge on any atom is 0.261 e. The number of carbonyl (C=O) groups excluding carboxylic acids is 1. The molecule has 0 spiro atoms. The first-order valence-electron chi connectivity index (χ1n) is 10.9. The molecule has 1 aromatic heterocycles. The largest absolute Gasteiger partial charge is 0.497 e. The summed E-state index contributed by atoms with van der Waals surface area (Å²) in [5, 5.41) is 6.41. The molecule has 0 bridgehead atoms. The SMILES string of the molecule is COc1ccc(C(=O)NC(=S)Nc2ccc(Oc3ncnc4cc(OC)c(OC)cc34)cc2)c(OC)c1. The monoisotopic (exact) mass is 520 g/mol. The Balaban J connectivity index is 1.43. The van der Waals surface area contributed by atoms with Gasteiger partial charge in [-0.15, -0.1) is 0 Å². The van der Waals surface area contributed by atoms with Gasteiger partial charge in [0.15, 0.2) is 16.6 Å². The van der Waals surface area contributed by atoms with Crippen LogP contribution in [0.3, 0.4) is 0 Å². The van der Waals surface area contributed by atoms with E-state index in [1.807, 2.05) is 0 Å². The van der Waals surface area contributed by atoms with Crippen LogP contribution in [-0.2, 0) is 0 Å². The van der Waals surface area contributed by atoms with E-state index >= 15 is 0 Å². The lowest BCUT2D eigenvalue weighted by molar-refractivity contribution is 0.0974. The summed E-state index contributed by atoms with van der Waals surface area (Å²) >= 11 is 5.30. The summed E-state index contributed by atoms with van der Waals surface area (Å²) in [5.74, 6) is 2.53. The van der Waals surface area contributed by atoms with Crippen LogP contribution >= 0.6 is 12.2 Å². The third kappa shape index (κ3) is 5.78. The van der Waals surface area contributed by atoms with E-state index in [0.29, 0.717) is 56.8 Å². The number of amides is 1. The van der Waals surface area contributed by atoms with Gasteiger partial charge in [-0.25, -0.2) is 9.97 Å². The lowest BCUT2D eigenvalue weighted by atomic mass is 10.2. The van der Waals surface area contributed by atoms with Gasteiger partial charge < -0.3 is 29.0 Å². The zero-order valence-electron chi connectivity index (χ0n) is 20.5. The molecular weight excluding hydrogens is 496 g/mol. The Labute approximate surface area is 218 Å². The molecular formula is C26H24N4O6S. The van der Waals surface area contributed by atoms with Gasteiger partial charge in [0.25, 0.3) is 5.91 Å². The molecule has 0 radical (unpaired) electrons. The van der Waals surface area contributed by atoms with E-state index < -0.39 is 5.91 Å². The van der Waals surface area contributed by atoms with Crippen LogP contribution in [0.25, 0.3) is 10.9 Å². The third-order valence-electron chi connectivity index (χ3n) is 5.31. The lowest BCUT2D eigenvalue weighted by Crippen LogP contribution is -2.34. The maximum atomic E-state index is 12.7. The molecule has 10 nitrogen and oxygen atoms in total. The highest BCUT2D eigenvalue weighted by Crippen LogP contribution is 2.35. The summed E-state index contributed by atoms with van der Waals surface area (Å²) in [6.07, 6.45) is 1.42. The fourth-order valence-electron chi connectivity index (χ4n) is 3.48. The molecule has 4 rings (SSSR count). The van der Waals surface area contributed by atoms with Crippen molar-refractivity contribution in [1.82, 2.24) is 15.3 Å². The van der Waals surface area contributed by atoms with Crippen molar-refractivity contribution in [3.05, 3.63) is 66.5 Å². The number of thiocarbonyl (C=S) groups is 1. The molecule has 2 N–H and O–H groups in total. The van der Waals surface area contributed by atoms with Gasteiger partial charge in [-0.1, -0.05) is 0 Å². The summed E-state index contributed by atoms with van der Waals surface area (Å²) in [5.41, 5.74) is 1.62. The number of ether oxygens (including phenoxy) is 5. The molecule has 3 aromatic carbocycles. The van der Waals surface area contributed by atoms with Crippen LogP contribution in [0, 0.1) is 0 Å². The van der Waals surface area contributed by atoms with Gasteiger partial charge in [0, 0.05) is 17.8 Å². The molecule has 1 amide bonds. The third-order valence-corrected chi connectivity index (χ3v) is 5.52. The zero-order chi connectivity index (χ0) is 26.4. The van der Waals surface area contributed by atoms with Gasteiger partial charge in [-0.2, -0.15) is 0 Å². The van der Waals surface area contributed by atoms with Crippen molar-refractivity contribution in [3.63, 3.8) is 0 Å².